The fraction of sp³-hybridized carbons (Fsp3) is 0.774. The van der Waals surface area contributed by atoms with E-state index in [0.29, 0.717) is 0 Å². The predicted octanol–water partition coefficient (Wildman–Crippen LogP) is 10.1. The van der Waals surface area contributed by atoms with Crippen LogP contribution >= 0.6 is 0 Å². The summed E-state index contributed by atoms with van der Waals surface area (Å²) in [6.45, 7) is 4.75. The second-order valence-corrected chi connectivity index (χ2v) is 11.5. The van der Waals surface area contributed by atoms with Gasteiger partial charge in [-0.1, -0.05) is 84.5 Å². The van der Waals surface area contributed by atoms with Crippen LogP contribution in [-0.2, 0) is 0 Å². The van der Waals surface area contributed by atoms with E-state index < -0.39 is 17.2 Å². The number of benzene rings is 1. The fourth-order valence-electron chi connectivity index (χ4n) is 6.87. The molecule has 2 aliphatic rings. The van der Waals surface area contributed by atoms with E-state index in [2.05, 4.69) is 13.8 Å². The van der Waals surface area contributed by atoms with Crippen molar-refractivity contribution in [2.75, 3.05) is 0 Å². The monoisotopic (exact) mass is 471 g/mol. The summed E-state index contributed by atoms with van der Waals surface area (Å²) in [4.78, 5) is 0. The zero-order valence-corrected chi connectivity index (χ0v) is 21.8. The van der Waals surface area contributed by atoms with Crippen molar-refractivity contribution < 1.29 is 8.78 Å². The van der Waals surface area contributed by atoms with Crippen molar-refractivity contribution in [3.8, 4) is 6.07 Å². The number of nitrogens with zero attached hydrogens (tertiary/aromatic N) is 1. The number of nitriles is 1. The Morgan fingerprint density at radius 2 is 1.29 bits per heavy atom. The zero-order valence-electron chi connectivity index (χ0n) is 21.8. The van der Waals surface area contributed by atoms with E-state index in [1.807, 2.05) is 0 Å². The van der Waals surface area contributed by atoms with Crippen molar-refractivity contribution in [1.29, 1.82) is 5.26 Å². The molecule has 1 unspecified atom stereocenters. The topological polar surface area (TPSA) is 23.8 Å². The number of halogens is 2. The molecule has 0 amide bonds. The summed E-state index contributed by atoms with van der Waals surface area (Å²) in [5.41, 5.74) is 0.283. The lowest BCUT2D eigenvalue weighted by molar-refractivity contribution is 0.131. The van der Waals surface area contributed by atoms with Gasteiger partial charge in [-0.05, 0) is 85.8 Å². The molecule has 0 bridgehead atoms. The van der Waals surface area contributed by atoms with Gasteiger partial charge in [-0.15, -0.1) is 0 Å². The minimum absolute atomic E-state index is 0.225. The largest absolute Gasteiger partial charge is 0.205 e. The summed E-state index contributed by atoms with van der Waals surface area (Å²) in [6.07, 6.45) is 22.7. The van der Waals surface area contributed by atoms with Crippen LogP contribution in [0.5, 0.6) is 0 Å². The molecule has 3 heteroatoms. The maximum Gasteiger partial charge on any atom is 0.144 e. The Balaban J connectivity index is 1.33. The second kappa shape index (κ2) is 14.2. The van der Waals surface area contributed by atoms with E-state index in [9.17, 15) is 8.78 Å². The summed E-state index contributed by atoms with van der Waals surface area (Å²) < 4.78 is 28.1. The molecule has 0 radical (unpaired) electrons. The SMILES string of the molecule is CCCCCCCCCCC1CCC(C(C)C2CCC(c3cc(F)c(C#N)c(F)c3)CC2)CC1. The van der Waals surface area contributed by atoms with Gasteiger partial charge in [-0.2, -0.15) is 5.26 Å². The third kappa shape index (κ3) is 7.79. The van der Waals surface area contributed by atoms with Crippen LogP contribution < -0.4 is 0 Å². The molecule has 0 N–H and O–H groups in total. The highest BCUT2D eigenvalue weighted by Gasteiger charge is 2.33. The van der Waals surface area contributed by atoms with Crippen molar-refractivity contribution in [3.63, 3.8) is 0 Å². The van der Waals surface area contributed by atoms with Gasteiger partial charge in [0, 0.05) is 0 Å². The molecule has 0 saturated heterocycles. The van der Waals surface area contributed by atoms with Crippen molar-refractivity contribution in [1.82, 2.24) is 0 Å². The van der Waals surface area contributed by atoms with Gasteiger partial charge in [-0.25, -0.2) is 8.78 Å². The van der Waals surface area contributed by atoms with E-state index in [0.717, 1.165) is 54.9 Å². The van der Waals surface area contributed by atoms with Crippen LogP contribution in [0.4, 0.5) is 8.78 Å². The molecule has 2 aliphatic carbocycles. The van der Waals surface area contributed by atoms with E-state index in [1.165, 1.54) is 95.6 Å². The molecule has 0 heterocycles. The van der Waals surface area contributed by atoms with Crippen LogP contribution in [0.2, 0.25) is 0 Å². The average Bonchev–Trinajstić information content (AvgIpc) is 2.85. The maximum atomic E-state index is 14.1. The molecule has 1 aromatic rings. The maximum absolute atomic E-state index is 14.1. The predicted molar refractivity (Wildman–Crippen MR) is 138 cm³/mol. The molecule has 1 atom stereocenters. The Bertz CT molecular complexity index is 743. The Labute approximate surface area is 207 Å². The molecular formula is C31H47F2N. The minimum Gasteiger partial charge on any atom is -0.205 e. The van der Waals surface area contributed by atoms with Crippen molar-refractivity contribution in [2.24, 2.45) is 23.7 Å². The third-order valence-electron chi connectivity index (χ3n) is 9.26. The molecule has 190 valence electrons. The number of rotatable bonds is 12. The van der Waals surface area contributed by atoms with Gasteiger partial charge in [0.15, 0.2) is 0 Å². The van der Waals surface area contributed by atoms with Gasteiger partial charge in [0.1, 0.15) is 23.3 Å². The molecule has 0 aromatic heterocycles. The quantitative estimate of drug-likeness (QED) is 0.278. The van der Waals surface area contributed by atoms with Crippen molar-refractivity contribution in [2.45, 2.75) is 129 Å². The summed E-state index contributed by atoms with van der Waals surface area (Å²) in [5.74, 6) is 2.13. The highest BCUT2D eigenvalue weighted by Crippen LogP contribution is 2.45. The van der Waals surface area contributed by atoms with E-state index >= 15 is 0 Å². The second-order valence-electron chi connectivity index (χ2n) is 11.5. The summed E-state index contributed by atoms with van der Waals surface area (Å²) in [7, 11) is 0. The molecule has 3 rings (SSSR count). The van der Waals surface area contributed by atoms with Crippen molar-refractivity contribution in [3.05, 3.63) is 34.9 Å². The lowest BCUT2D eigenvalue weighted by atomic mass is 9.66. The number of hydrogen-bond acceptors (Lipinski definition) is 1. The lowest BCUT2D eigenvalue weighted by Gasteiger charge is -2.39. The van der Waals surface area contributed by atoms with Gasteiger partial charge in [0.25, 0.3) is 0 Å². The molecule has 2 fully saturated rings. The third-order valence-corrected chi connectivity index (χ3v) is 9.26. The van der Waals surface area contributed by atoms with Crippen LogP contribution in [0.1, 0.15) is 140 Å². The molecule has 34 heavy (non-hydrogen) atoms. The van der Waals surface area contributed by atoms with Gasteiger partial charge in [-0.3, -0.25) is 0 Å². The number of hydrogen-bond donors (Lipinski definition) is 0. The summed E-state index contributed by atoms with van der Waals surface area (Å²) in [6, 6.07) is 4.42. The van der Waals surface area contributed by atoms with Gasteiger partial charge >= 0.3 is 0 Å². The Morgan fingerprint density at radius 3 is 1.82 bits per heavy atom. The molecule has 2 saturated carbocycles. The summed E-state index contributed by atoms with van der Waals surface area (Å²) >= 11 is 0. The van der Waals surface area contributed by atoms with Gasteiger partial charge in [0.05, 0.1) is 0 Å². The van der Waals surface area contributed by atoms with Crippen LogP contribution in [0.15, 0.2) is 12.1 Å². The van der Waals surface area contributed by atoms with Gasteiger partial charge < -0.3 is 0 Å². The first-order valence-electron chi connectivity index (χ1n) is 14.4. The highest BCUT2D eigenvalue weighted by atomic mass is 19.1. The molecule has 1 nitrogen and oxygen atoms in total. The van der Waals surface area contributed by atoms with Crippen LogP contribution in [0.25, 0.3) is 0 Å². The van der Waals surface area contributed by atoms with Crippen LogP contribution in [-0.4, -0.2) is 0 Å². The first-order valence-corrected chi connectivity index (χ1v) is 14.4. The van der Waals surface area contributed by atoms with Crippen LogP contribution in [0.3, 0.4) is 0 Å². The van der Waals surface area contributed by atoms with Gasteiger partial charge in [0.2, 0.25) is 0 Å². The molecule has 0 aliphatic heterocycles. The minimum atomic E-state index is -0.711. The Hall–Kier alpha value is -1.43. The smallest absolute Gasteiger partial charge is 0.144 e. The molecular weight excluding hydrogens is 424 g/mol. The standard InChI is InChI=1S/C31H47F2N/c1-3-4-5-6-7-8-9-10-11-24-12-14-25(15-13-24)23(2)26-16-18-27(19-17-26)28-20-30(32)29(22-34)31(33)21-28/h20-21,23-27H,3-19H2,1-2H3. The number of unbranched alkanes of at least 4 members (excludes halogenated alkanes) is 7. The molecule has 1 aromatic carbocycles. The zero-order chi connectivity index (χ0) is 24.3. The van der Waals surface area contributed by atoms with E-state index in [-0.39, 0.29) is 5.92 Å². The van der Waals surface area contributed by atoms with E-state index in [4.69, 9.17) is 5.26 Å². The normalized spacial score (nSPS) is 26.2. The molecule has 0 spiro atoms. The van der Waals surface area contributed by atoms with Crippen molar-refractivity contribution >= 4 is 0 Å². The highest BCUT2D eigenvalue weighted by molar-refractivity contribution is 5.36. The Kier molecular flexibility index (Phi) is 11.4. The lowest BCUT2D eigenvalue weighted by Crippen LogP contribution is -2.28. The summed E-state index contributed by atoms with van der Waals surface area (Å²) in [5, 5.41) is 8.90. The average molecular weight is 472 g/mol. The van der Waals surface area contributed by atoms with Crippen LogP contribution in [0, 0.1) is 46.6 Å². The first kappa shape index (κ1) is 27.2. The first-order chi connectivity index (χ1) is 16.5. The fourth-order valence-corrected chi connectivity index (χ4v) is 6.87. The Morgan fingerprint density at radius 1 is 0.794 bits per heavy atom. The van der Waals surface area contributed by atoms with E-state index in [1.54, 1.807) is 6.07 Å².